The standard InChI is InChI=1S/C20H38N6O2/c1-13(2)20(27)26-10-5-14(6-11-26)18-22-19(28-24-18)15-4-8-21-17(12-15)16-7-9-25(3)23-16/h13-19,21-24H,4-12H2,1-3H3. The Kier molecular flexibility index (Phi) is 6.54. The Hall–Kier alpha value is -0.770. The predicted octanol–water partition coefficient (Wildman–Crippen LogP) is 0.235. The Bertz CT molecular complexity index is 539. The first-order valence-corrected chi connectivity index (χ1v) is 11.2. The predicted molar refractivity (Wildman–Crippen MR) is 108 cm³/mol. The van der Waals surface area contributed by atoms with Gasteiger partial charge in [0.2, 0.25) is 5.91 Å². The van der Waals surface area contributed by atoms with Crippen molar-refractivity contribution < 1.29 is 9.63 Å². The van der Waals surface area contributed by atoms with Crippen molar-refractivity contribution in [3.05, 3.63) is 0 Å². The fourth-order valence-electron chi connectivity index (χ4n) is 5.27. The van der Waals surface area contributed by atoms with E-state index in [1.807, 2.05) is 18.7 Å². The largest absolute Gasteiger partial charge is 0.342 e. The third-order valence-electron chi connectivity index (χ3n) is 7.04. The number of nitrogens with zero attached hydrogens (tertiary/aromatic N) is 2. The van der Waals surface area contributed by atoms with Gasteiger partial charge in [-0.2, -0.15) is 5.48 Å². The van der Waals surface area contributed by atoms with Crippen molar-refractivity contribution in [2.24, 2.45) is 17.8 Å². The SMILES string of the molecule is CC(C)C(=O)N1CCC(C2NOC(C3CCNC(C4CCN(C)N4)C3)N2)CC1. The number of carbonyl (C=O) groups excluding carboxylic acids is 1. The number of hydrazine groups is 1. The molecule has 4 N–H and O–H groups in total. The maximum atomic E-state index is 12.2. The van der Waals surface area contributed by atoms with Crippen molar-refractivity contribution in [2.75, 3.05) is 33.2 Å². The molecule has 160 valence electrons. The molecule has 4 rings (SSSR count). The third kappa shape index (κ3) is 4.52. The summed E-state index contributed by atoms with van der Waals surface area (Å²) in [5.74, 6) is 1.42. The summed E-state index contributed by atoms with van der Waals surface area (Å²) >= 11 is 0. The van der Waals surface area contributed by atoms with Crippen LogP contribution in [0.15, 0.2) is 0 Å². The number of hydrogen-bond donors (Lipinski definition) is 4. The molecule has 4 aliphatic rings. The highest BCUT2D eigenvalue weighted by atomic mass is 16.7. The van der Waals surface area contributed by atoms with Gasteiger partial charge in [0, 0.05) is 50.6 Å². The number of nitrogens with one attached hydrogen (secondary N) is 4. The summed E-state index contributed by atoms with van der Waals surface area (Å²) in [5.41, 5.74) is 6.85. The van der Waals surface area contributed by atoms with Gasteiger partial charge in [0.05, 0.1) is 6.17 Å². The van der Waals surface area contributed by atoms with Gasteiger partial charge in [-0.3, -0.25) is 20.4 Å². The van der Waals surface area contributed by atoms with E-state index in [9.17, 15) is 4.79 Å². The normalized spacial score (nSPS) is 38.4. The van der Waals surface area contributed by atoms with Crippen molar-refractivity contribution in [3.8, 4) is 0 Å². The van der Waals surface area contributed by atoms with Crippen LogP contribution in [0, 0.1) is 17.8 Å². The van der Waals surface area contributed by atoms with Gasteiger partial charge in [0.1, 0.15) is 6.23 Å². The first-order chi connectivity index (χ1) is 13.5. The van der Waals surface area contributed by atoms with Gasteiger partial charge in [-0.1, -0.05) is 13.8 Å². The van der Waals surface area contributed by atoms with E-state index in [0.717, 1.165) is 51.9 Å². The van der Waals surface area contributed by atoms with Crippen LogP contribution in [0.25, 0.3) is 0 Å². The Morgan fingerprint density at radius 1 is 1.04 bits per heavy atom. The molecule has 0 radical (unpaired) electrons. The molecule has 5 atom stereocenters. The molecule has 28 heavy (non-hydrogen) atoms. The molecule has 8 nitrogen and oxygen atoms in total. The molecular weight excluding hydrogens is 356 g/mol. The van der Waals surface area contributed by atoms with E-state index in [1.54, 1.807) is 0 Å². The minimum Gasteiger partial charge on any atom is -0.342 e. The highest BCUT2D eigenvalue weighted by molar-refractivity contribution is 5.78. The summed E-state index contributed by atoms with van der Waals surface area (Å²) in [6.45, 7) is 7.87. The molecule has 0 saturated carbocycles. The van der Waals surface area contributed by atoms with Crippen LogP contribution < -0.4 is 21.5 Å². The van der Waals surface area contributed by atoms with Crippen LogP contribution in [0.1, 0.15) is 46.0 Å². The molecular formula is C20H38N6O2. The molecule has 0 aliphatic carbocycles. The van der Waals surface area contributed by atoms with Crippen LogP contribution in [0.4, 0.5) is 0 Å². The van der Waals surface area contributed by atoms with Gasteiger partial charge in [0.15, 0.2) is 0 Å². The van der Waals surface area contributed by atoms with Crippen LogP contribution in [0.5, 0.6) is 0 Å². The maximum Gasteiger partial charge on any atom is 0.225 e. The number of piperidine rings is 2. The highest BCUT2D eigenvalue weighted by Gasteiger charge is 2.40. The van der Waals surface area contributed by atoms with E-state index in [0.29, 0.717) is 23.9 Å². The molecule has 5 unspecified atom stereocenters. The lowest BCUT2D eigenvalue weighted by Crippen LogP contribution is -2.54. The number of carbonyl (C=O) groups is 1. The number of likely N-dealkylation sites (tertiary alicyclic amines) is 1. The Balaban J connectivity index is 1.25. The number of hydroxylamine groups is 1. The van der Waals surface area contributed by atoms with Crippen molar-refractivity contribution in [1.82, 2.24) is 31.4 Å². The van der Waals surface area contributed by atoms with Crippen molar-refractivity contribution in [3.63, 3.8) is 0 Å². The molecule has 1 amide bonds. The van der Waals surface area contributed by atoms with Gasteiger partial charge < -0.3 is 10.2 Å². The molecule has 0 aromatic heterocycles. The van der Waals surface area contributed by atoms with Crippen LogP contribution in [-0.4, -0.2) is 73.5 Å². The number of rotatable bonds is 4. The van der Waals surface area contributed by atoms with Gasteiger partial charge in [-0.15, -0.1) is 0 Å². The quantitative estimate of drug-likeness (QED) is 0.544. The molecule has 0 spiro atoms. The maximum absolute atomic E-state index is 12.2. The second-order valence-corrected chi connectivity index (χ2v) is 9.41. The molecule has 4 fully saturated rings. The van der Waals surface area contributed by atoms with E-state index in [-0.39, 0.29) is 24.2 Å². The lowest BCUT2D eigenvalue weighted by atomic mass is 9.86. The Morgan fingerprint density at radius 2 is 1.82 bits per heavy atom. The van der Waals surface area contributed by atoms with Crippen molar-refractivity contribution in [1.29, 1.82) is 0 Å². The Morgan fingerprint density at radius 3 is 2.50 bits per heavy atom. The second-order valence-electron chi connectivity index (χ2n) is 9.41. The van der Waals surface area contributed by atoms with Crippen LogP contribution in [0.2, 0.25) is 0 Å². The second kappa shape index (κ2) is 8.93. The zero-order chi connectivity index (χ0) is 19.7. The smallest absolute Gasteiger partial charge is 0.225 e. The van der Waals surface area contributed by atoms with E-state index in [4.69, 9.17) is 4.84 Å². The average Bonchev–Trinajstić information content (AvgIpc) is 3.37. The third-order valence-corrected chi connectivity index (χ3v) is 7.04. The van der Waals surface area contributed by atoms with Crippen LogP contribution in [0.3, 0.4) is 0 Å². The monoisotopic (exact) mass is 394 g/mol. The fourth-order valence-corrected chi connectivity index (χ4v) is 5.27. The fraction of sp³-hybridized carbons (Fsp3) is 0.950. The lowest BCUT2D eigenvalue weighted by molar-refractivity contribution is -0.136. The van der Waals surface area contributed by atoms with E-state index < -0.39 is 0 Å². The molecule has 4 saturated heterocycles. The van der Waals surface area contributed by atoms with Gasteiger partial charge >= 0.3 is 0 Å². The van der Waals surface area contributed by atoms with Crippen molar-refractivity contribution in [2.45, 2.75) is 70.4 Å². The summed E-state index contributed by atoms with van der Waals surface area (Å²) < 4.78 is 0. The summed E-state index contributed by atoms with van der Waals surface area (Å²) in [5, 5.41) is 9.63. The van der Waals surface area contributed by atoms with Gasteiger partial charge in [-0.05, 0) is 44.6 Å². The highest BCUT2D eigenvalue weighted by Crippen LogP contribution is 2.29. The minimum atomic E-state index is 0.0871. The van der Waals surface area contributed by atoms with Crippen LogP contribution >= 0.6 is 0 Å². The minimum absolute atomic E-state index is 0.0871. The molecule has 4 aliphatic heterocycles. The van der Waals surface area contributed by atoms with E-state index in [2.05, 4.69) is 33.6 Å². The molecule has 0 aromatic rings. The summed E-state index contributed by atoms with van der Waals surface area (Å²) in [6, 6.07) is 1.04. The average molecular weight is 395 g/mol. The molecule has 8 heteroatoms. The first kappa shape index (κ1) is 20.5. The van der Waals surface area contributed by atoms with E-state index in [1.165, 1.54) is 6.42 Å². The number of amides is 1. The zero-order valence-corrected chi connectivity index (χ0v) is 17.6. The molecule has 0 aromatic carbocycles. The summed E-state index contributed by atoms with van der Waals surface area (Å²) in [7, 11) is 2.12. The van der Waals surface area contributed by atoms with Crippen molar-refractivity contribution >= 4 is 5.91 Å². The first-order valence-electron chi connectivity index (χ1n) is 11.2. The summed E-state index contributed by atoms with van der Waals surface area (Å²) in [4.78, 5) is 20.2. The van der Waals surface area contributed by atoms with Gasteiger partial charge in [-0.25, -0.2) is 5.01 Å². The lowest BCUT2D eigenvalue weighted by Gasteiger charge is -2.37. The topological polar surface area (TPSA) is 80.9 Å². The molecule has 4 heterocycles. The van der Waals surface area contributed by atoms with E-state index >= 15 is 0 Å². The Labute approximate surface area is 169 Å². The zero-order valence-electron chi connectivity index (χ0n) is 17.6. The number of hydrogen-bond acceptors (Lipinski definition) is 7. The van der Waals surface area contributed by atoms with Crippen LogP contribution in [-0.2, 0) is 9.63 Å². The molecule has 0 bridgehead atoms. The van der Waals surface area contributed by atoms with Gasteiger partial charge in [0.25, 0.3) is 0 Å². The summed E-state index contributed by atoms with van der Waals surface area (Å²) in [6.07, 6.45) is 5.84.